The van der Waals surface area contributed by atoms with Crippen LogP contribution in [0, 0.1) is 6.92 Å². The summed E-state index contributed by atoms with van der Waals surface area (Å²) in [7, 11) is 0. The second-order valence-corrected chi connectivity index (χ2v) is 10.8. The predicted octanol–water partition coefficient (Wildman–Crippen LogP) is 8.38. The van der Waals surface area contributed by atoms with Gasteiger partial charge in [-0.2, -0.15) is 8.78 Å². The Labute approximate surface area is 231 Å². The summed E-state index contributed by atoms with van der Waals surface area (Å²) in [6, 6.07) is 17.4. The van der Waals surface area contributed by atoms with Crippen molar-refractivity contribution in [3.05, 3.63) is 75.6 Å². The molecule has 0 aliphatic heterocycles. The Morgan fingerprint density at radius 3 is 2.42 bits per heavy atom. The molecule has 202 valence electrons. The number of benzene rings is 3. The van der Waals surface area contributed by atoms with Gasteiger partial charge in [0.25, 0.3) is 5.91 Å². The first-order valence-electron chi connectivity index (χ1n) is 13.0. The van der Waals surface area contributed by atoms with E-state index in [-0.39, 0.29) is 11.7 Å². The number of hydrogen-bond acceptors (Lipinski definition) is 4. The van der Waals surface area contributed by atoms with Crippen LogP contribution in [0.1, 0.15) is 47.5 Å². The molecule has 0 unspecified atom stereocenters. The van der Waals surface area contributed by atoms with Crippen molar-refractivity contribution in [3.8, 4) is 5.75 Å². The Morgan fingerprint density at radius 2 is 1.71 bits per heavy atom. The van der Waals surface area contributed by atoms with Crippen molar-refractivity contribution in [3.63, 3.8) is 0 Å². The molecule has 0 saturated carbocycles. The molecule has 38 heavy (non-hydrogen) atoms. The number of alkyl halides is 2. The number of ether oxygens (including phenoxy) is 1. The molecular formula is C30H33ClF2N2O2S. The highest BCUT2D eigenvalue weighted by Gasteiger charge is 2.25. The molecule has 0 aliphatic rings. The number of aryl methyl sites for hydroxylation is 1. The fourth-order valence-electron chi connectivity index (χ4n) is 4.82. The largest absolute Gasteiger partial charge is 0.434 e. The molecule has 0 radical (unpaired) electrons. The van der Waals surface area contributed by atoms with Crippen molar-refractivity contribution in [2.45, 2.75) is 46.8 Å². The van der Waals surface area contributed by atoms with Crippen LogP contribution in [-0.4, -0.2) is 48.5 Å². The van der Waals surface area contributed by atoms with E-state index in [1.807, 2.05) is 17.0 Å². The van der Waals surface area contributed by atoms with E-state index in [4.69, 9.17) is 16.3 Å². The van der Waals surface area contributed by atoms with Gasteiger partial charge in [0, 0.05) is 18.5 Å². The second-order valence-electron chi connectivity index (χ2n) is 9.33. The highest BCUT2D eigenvalue weighted by atomic mass is 35.5. The molecule has 0 bridgehead atoms. The Balaban J connectivity index is 1.65. The number of rotatable bonds is 12. The minimum Gasteiger partial charge on any atom is -0.434 e. The maximum absolute atomic E-state index is 14.0. The number of unbranched alkanes of at least 4 members (excludes halogenated alkanes) is 1. The van der Waals surface area contributed by atoms with Crippen molar-refractivity contribution < 1.29 is 18.3 Å². The van der Waals surface area contributed by atoms with Crippen LogP contribution >= 0.6 is 22.9 Å². The summed E-state index contributed by atoms with van der Waals surface area (Å²) >= 11 is 7.65. The number of amides is 1. The van der Waals surface area contributed by atoms with E-state index in [0.717, 1.165) is 48.8 Å². The zero-order valence-corrected chi connectivity index (χ0v) is 23.5. The van der Waals surface area contributed by atoms with Crippen molar-refractivity contribution >= 4 is 49.7 Å². The summed E-state index contributed by atoms with van der Waals surface area (Å²) in [6.45, 7) is 7.15. The van der Waals surface area contributed by atoms with Gasteiger partial charge in [-0.3, -0.25) is 4.79 Å². The standard InChI is InChI=1S/C30H33ClF2N2O2S/c1-4-34(5-2)16-8-9-17-35(19-21-12-13-22-10-6-7-11-23(22)18-21)29(36)27-20(3)26-25(37-30(32)33)15-14-24(31)28(26)38-27/h6-7,10-15,18,30H,4-5,8-9,16-17,19H2,1-3H3. The van der Waals surface area contributed by atoms with Crippen LogP contribution in [-0.2, 0) is 6.54 Å². The normalized spacial score (nSPS) is 11.7. The van der Waals surface area contributed by atoms with Gasteiger partial charge in [0.1, 0.15) is 5.75 Å². The summed E-state index contributed by atoms with van der Waals surface area (Å²) in [6.07, 6.45) is 1.84. The number of carbonyl (C=O) groups is 1. The third kappa shape index (κ3) is 6.45. The molecule has 1 aromatic heterocycles. The Hall–Kier alpha value is -2.74. The summed E-state index contributed by atoms with van der Waals surface area (Å²) in [5.74, 6) is -0.0914. The van der Waals surface area contributed by atoms with E-state index in [2.05, 4.69) is 49.1 Å². The average molecular weight is 559 g/mol. The van der Waals surface area contributed by atoms with E-state index in [9.17, 15) is 13.6 Å². The van der Waals surface area contributed by atoms with Gasteiger partial charge < -0.3 is 14.5 Å². The molecule has 8 heteroatoms. The first kappa shape index (κ1) is 28.3. The maximum atomic E-state index is 14.0. The second kappa shape index (κ2) is 12.9. The fraction of sp³-hybridized carbons (Fsp3) is 0.367. The smallest absolute Gasteiger partial charge is 0.387 e. The molecule has 0 aliphatic carbocycles. The summed E-state index contributed by atoms with van der Waals surface area (Å²) in [5.41, 5.74) is 1.65. The van der Waals surface area contributed by atoms with Gasteiger partial charge >= 0.3 is 6.61 Å². The van der Waals surface area contributed by atoms with Crippen molar-refractivity contribution in [2.24, 2.45) is 0 Å². The quantitative estimate of drug-likeness (QED) is 0.164. The monoisotopic (exact) mass is 558 g/mol. The minimum atomic E-state index is -2.96. The van der Waals surface area contributed by atoms with Crippen molar-refractivity contribution in [1.29, 1.82) is 0 Å². The number of thiophene rings is 1. The first-order valence-corrected chi connectivity index (χ1v) is 14.2. The van der Waals surface area contributed by atoms with E-state index in [1.54, 1.807) is 6.92 Å². The summed E-state index contributed by atoms with van der Waals surface area (Å²) in [4.78, 5) is 18.7. The molecule has 0 fully saturated rings. The number of nitrogens with zero attached hydrogens (tertiary/aromatic N) is 2. The number of carbonyl (C=O) groups excluding carboxylic acids is 1. The molecule has 3 aromatic carbocycles. The van der Waals surface area contributed by atoms with Crippen LogP contribution in [0.4, 0.5) is 8.78 Å². The number of halogens is 3. The topological polar surface area (TPSA) is 32.8 Å². The fourth-order valence-corrected chi connectivity index (χ4v) is 6.29. The van der Waals surface area contributed by atoms with Crippen LogP contribution < -0.4 is 4.74 Å². The Bertz CT molecular complexity index is 1400. The summed E-state index contributed by atoms with van der Waals surface area (Å²) in [5, 5.41) is 3.15. The molecule has 1 heterocycles. The molecule has 4 nitrogen and oxygen atoms in total. The van der Waals surface area contributed by atoms with E-state index >= 15 is 0 Å². The lowest BCUT2D eigenvalue weighted by Crippen LogP contribution is -2.32. The molecule has 1 amide bonds. The van der Waals surface area contributed by atoms with Gasteiger partial charge in [-0.25, -0.2) is 0 Å². The van der Waals surface area contributed by atoms with Crippen LogP contribution in [0.2, 0.25) is 5.02 Å². The molecule has 4 rings (SSSR count). The third-order valence-corrected chi connectivity index (χ3v) is 8.66. The highest BCUT2D eigenvalue weighted by molar-refractivity contribution is 7.21. The number of hydrogen-bond donors (Lipinski definition) is 0. The van der Waals surface area contributed by atoms with Gasteiger partial charge in [0.05, 0.1) is 14.6 Å². The van der Waals surface area contributed by atoms with Crippen LogP contribution in [0.25, 0.3) is 20.9 Å². The van der Waals surface area contributed by atoms with E-state index in [0.29, 0.717) is 38.6 Å². The molecule has 4 aromatic rings. The van der Waals surface area contributed by atoms with Gasteiger partial charge in [-0.1, -0.05) is 61.8 Å². The molecule has 0 atom stereocenters. The lowest BCUT2D eigenvalue weighted by atomic mass is 10.1. The van der Waals surface area contributed by atoms with Crippen LogP contribution in [0.5, 0.6) is 5.75 Å². The van der Waals surface area contributed by atoms with Crippen LogP contribution in [0.3, 0.4) is 0 Å². The Morgan fingerprint density at radius 1 is 1.00 bits per heavy atom. The van der Waals surface area contributed by atoms with Crippen molar-refractivity contribution in [2.75, 3.05) is 26.2 Å². The molecule has 0 spiro atoms. The molecule has 0 N–H and O–H groups in total. The SMILES string of the molecule is CCN(CC)CCCCN(Cc1ccc2ccccc2c1)C(=O)c1sc2c(Cl)ccc(OC(F)F)c2c1C. The third-order valence-electron chi connectivity index (χ3n) is 6.92. The van der Waals surface area contributed by atoms with Gasteiger partial charge in [0.15, 0.2) is 0 Å². The lowest BCUT2D eigenvalue weighted by Gasteiger charge is -2.24. The van der Waals surface area contributed by atoms with Gasteiger partial charge in [-0.15, -0.1) is 11.3 Å². The van der Waals surface area contributed by atoms with Gasteiger partial charge in [0.2, 0.25) is 0 Å². The predicted molar refractivity (Wildman–Crippen MR) is 154 cm³/mol. The lowest BCUT2D eigenvalue weighted by molar-refractivity contribution is -0.0488. The highest BCUT2D eigenvalue weighted by Crippen LogP contribution is 2.42. The minimum absolute atomic E-state index is 0.0347. The summed E-state index contributed by atoms with van der Waals surface area (Å²) < 4.78 is 31.5. The van der Waals surface area contributed by atoms with E-state index in [1.165, 1.54) is 23.5 Å². The van der Waals surface area contributed by atoms with Crippen LogP contribution in [0.15, 0.2) is 54.6 Å². The Kier molecular flexibility index (Phi) is 9.58. The molecular weight excluding hydrogens is 526 g/mol. The zero-order chi connectivity index (χ0) is 27.2. The molecule has 0 saturated heterocycles. The van der Waals surface area contributed by atoms with Crippen molar-refractivity contribution in [1.82, 2.24) is 9.80 Å². The number of fused-ring (bicyclic) bond motifs is 2. The zero-order valence-electron chi connectivity index (χ0n) is 22.0. The maximum Gasteiger partial charge on any atom is 0.387 e. The van der Waals surface area contributed by atoms with Gasteiger partial charge in [-0.05, 0) is 79.5 Å². The van der Waals surface area contributed by atoms with E-state index < -0.39 is 6.61 Å². The average Bonchev–Trinajstić information content (AvgIpc) is 3.27. The first-order chi connectivity index (χ1) is 18.3.